The molecule has 1 fully saturated rings. The van der Waals surface area contributed by atoms with E-state index in [0.717, 1.165) is 5.56 Å². The molecule has 23 heavy (non-hydrogen) atoms. The van der Waals surface area contributed by atoms with Crippen LogP contribution >= 0.6 is 0 Å². The molecule has 0 saturated carbocycles. The molecule has 1 N–H and O–H groups in total. The highest BCUT2D eigenvalue weighted by Gasteiger charge is 2.25. The number of ether oxygens (including phenoxy) is 1. The molecule has 3 rings (SSSR count). The minimum absolute atomic E-state index is 0.111. The standard InChI is InChI=1S/C16H19FN4O2/c17-14-3-1-13(2-4-14)15-11-21(9-10-23-15)16(22)19-6-8-20-7-5-18-12-20/h1-5,7,12,15H,6,8-11H2,(H,19,22). The number of carbonyl (C=O) groups is 1. The molecule has 1 atom stereocenters. The Balaban J connectivity index is 1.51. The lowest BCUT2D eigenvalue weighted by molar-refractivity contribution is -0.0154. The predicted molar refractivity (Wildman–Crippen MR) is 82.3 cm³/mol. The summed E-state index contributed by atoms with van der Waals surface area (Å²) in [6.45, 7) is 2.69. The second-order valence-corrected chi connectivity index (χ2v) is 5.39. The Hall–Kier alpha value is -2.41. The number of nitrogens with one attached hydrogen (secondary N) is 1. The molecule has 7 heteroatoms. The third-order valence-electron chi connectivity index (χ3n) is 3.80. The van der Waals surface area contributed by atoms with Crippen molar-refractivity contribution < 1.29 is 13.9 Å². The van der Waals surface area contributed by atoms with Crippen molar-refractivity contribution in [2.45, 2.75) is 12.6 Å². The maximum atomic E-state index is 13.0. The van der Waals surface area contributed by atoms with E-state index < -0.39 is 0 Å². The molecule has 2 aromatic rings. The molecule has 6 nitrogen and oxygen atoms in total. The predicted octanol–water partition coefficient (Wildman–Crippen LogP) is 1.81. The summed E-state index contributed by atoms with van der Waals surface area (Å²) < 4.78 is 20.6. The van der Waals surface area contributed by atoms with Crippen LogP contribution in [-0.2, 0) is 11.3 Å². The fourth-order valence-corrected chi connectivity index (χ4v) is 2.54. The molecule has 122 valence electrons. The van der Waals surface area contributed by atoms with Crippen molar-refractivity contribution in [2.24, 2.45) is 0 Å². The fourth-order valence-electron chi connectivity index (χ4n) is 2.54. The lowest BCUT2D eigenvalue weighted by atomic mass is 10.1. The van der Waals surface area contributed by atoms with Gasteiger partial charge in [-0.2, -0.15) is 0 Å². The summed E-state index contributed by atoms with van der Waals surface area (Å²) in [5.41, 5.74) is 0.877. The third-order valence-corrected chi connectivity index (χ3v) is 3.80. The minimum Gasteiger partial charge on any atom is -0.370 e. The molecule has 0 radical (unpaired) electrons. The van der Waals surface area contributed by atoms with Crippen LogP contribution in [0, 0.1) is 5.82 Å². The van der Waals surface area contributed by atoms with E-state index >= 15 is 0 Å². The summed E-state index contributed by atoms with van der Waals surface area (Å²) in [4.78, 5) is 17.9. The van der Waals surface area contributed by atoms with Gasteiger partial charge in [0.05, 0.1) is 19.5 Å². The second kappa shape index (κ2) is 7.23. The molecule has 1 unspecified atom stereocenters. The van der Waals surface area contributed by atoms with E-state index in [1.807, 2.05) is 10.8 Å². The van der Waals surface area contributed by atoms with Crippen LogP contribution < -0.4 is 5.32 Å². The van der Waals surface area contributed by atoms with E-state index in [1.54, 1.807) is 29.6 Å². The summed E-state index contributed by atoms with van der Waals surface area (Å²) in [6, 6.07) is 6.09. The van der Waals surface area contributed by atoms with Crippen molar-refractivity contribution in [1.82, 2.24) is 19.8 Å². The van der Waals surface area contributed by atoms with Crippen LogP contribution in [0.2, 0.25) is 0 Å². The van der Waals surface area contributed by atoms with Gasteiger partial charge in [0.25, 0.3) is 0 Å². The van der Waals surface area contributed by atoms with E-state index in [9.17, 15) is 9.18 Å². The maximum Gasteiger partial charge on any atom is 0.317 e. The second-order valence-electron chi connectivity index (χ2n) is 5.39. The highest BCUT2D eigenvalue weighted by Crippen LogP contribution is 2.22. The summed E-state index contributed by atoms with van der Waals surface area (Å²) in [6.07, 6.45) is 5.05. The Labute approximate surface area is 133 Å². The summed E-state index contributed by atoms with van der Waals surface area (Å²) in [5.74, 6) is -0.279. The molecule has 1 aliphatic rings. The van der Waals surface area contributed by atoms with Crippen LogP contribution in [0.1, 0.15) is 11.7 Å². The highest BCUT2D eigenvalue weighted by molar-refractivity contribution is 5.74. The van der Waals surface area contributed by atoms with Crippen molar-refractivity contribution in [3.8, 4) is 0 Å². The lowest BCUT2D eigenvalue weighted by Crippen LogP contribution is -2.47. The maximum absolute atomic E-state index is 13.0. The quantitative estimate of drug-likeness (QED) is 0.935. The van der Waals surface area contributed by atoms with E-state index in [2.05, 4.69) is 10.3 Å². The largest absolute Gasteiger partial charge is 0.370 e. The zero-order chi connectivity index (χ0) is 16.1. The number of morpholine rings is 1. The van der Waals surface area contributed by atoms with Crippen LogP contribution in [0.5, 0.6) is 0 Å². The first-order valence-electron chi connectivity index (χ1n) is 7.58. The molecule has 2 heterocycles. The molecule has 1 aromatic heterocycles. The molecular weight excluding hydrogens is 299 g/mol. The van der Waals surface area contributed by atoms with E-state index in [-0.39, 0.29) is 18.0 Å². The van der Waals surface area contributed by atoms with Gasteiger partial charge in [-0.05, 0) is 17.7 Å². The normalized spacial score (nSPS) is 18.0. The molecule has 2 amide bonds. The Morgan fingerprint density at radius 1 is 1.39 bits per heavy atom. The van der Waals surface area contributed by atoms with Crippen LogP contribution in [0.15, 0.2) is 43.0 Å². The van der Waals surface area contributed by atoms with Gasteiger partial charge in [0.1, 0.15) is 11.9 Å². The molecule has 0 aliphatic carbocycles. The summed E-state index contributed by atoms with van der Waals surface area (Å²) in [7, 11) is 0. The van der Waals surface area contributed by atoms with Gasteiger partial charge in [-0.15, -0.1) is 0 Å². The first-order valence-corrected chi connectivity index (χ1v) is 7.58. The van der Waals surface area contributed by atoms with Crippen LogP contribution in [0.3, 0.4) is 0 Å². The Kier molecular flexibility index (Phi) is 4.87. The molecular formula is C16H19FN4O2. The first-order chi connectivity index (χ1) is 11.2. The number of halogens is 1. The Morgan fingerprint density at radius 3 is 2.96 bits per heavy atom. The topological polar surface area (TPSA) is 59.4 Å². The van der Waals surface area contributed by atoms with Crippen molar-refractivity contribution in [2.75, 3.05) is 26.2 Å². The zero-order valence-electron chi connectivity index (χ0n) is 12.7. The number of hydrogen-bond acceptors (Lipinski definition) is 3. The zero-order valence-corrected chi connectivity index (χ0v) is 12.7. The van der Waals surface area contributed by atoms with Gasteiger partial charge in [0, 0.05) is 32.0 Å². The van der Waals surface area contributed by atoms with Gasteiger partial charge < -0.3 is 19.5 Å². The van der Waals surface area contributed by atoms with Gasteiger partial charge >= 0.3 is 6.03 Å². The molecule has 1 aliphatic heterocycles. The molecule has 1 aromatic carbocycles. The van der Waals surface area contributed by atoms with Gasteiger partial charge in [-0.1, -0.05) is 12.1 Å². The number of amides is 2. The first kappa shape index (κ1) is 15.5. The van der Waals surface area contributed by atoms with Gasteiger partial charge in [0.15, 0.2) is 0 Å². The van der Waals surface area contributed by atoms with Gasteiger partial charge in [-0.25, -0.2) is 14.2 Å². The molecule has 1 saturated heterocycles. The van der Waals surface area contributed by atoms with Crippen molar-refractivity contribution >= 4 is 6.03 Å². The number of nitrogens with zero attached hydrogens (tertiary/aromatic N) is 3. The number of benzene rings is 1. The Morgan fingerprint density at radius 2 is 2.22 bits per heavy atom. The number of carbonyl (C=O) groups excluding carboxylic acids is 1. The van der Waals surface area contributed by atoms with Gasteiger partial charge in [-0.3, -0.25) is 0 Å². The van der Waals surface area contributed by atoms with Crippen molar-refractivity contribution in [3.63, 3.8) is 0 Å². The van der Waals surface area contributed by atoms with Crippen molar-refractivity contribution in [1.29, 1.82) is 0 Å². The summed E-state index contributed by atoms with van der Waals surface area (Å²) in [5, 5.41) is 2.89. The van der Waals surface area contributed by atoms with Crippen molar-refractivity contribution in [3.05, 3.63) is 54.4 Å². The lowest BCUT2D eigenvalue weighted by Gasteiger charge is -2.33. The smallest absolute Gasteiger partial charge is 0.317 e. The van der Waals surface area contributed by atoms with Gasteiger partial charge in [0.2, 0.25) is 0 Å². The van der Waals surface area contributed by atoms with Crippen LogP contribution in [0.25, 0.3) is 0 Å². The molecule has 0 bridgehead atoms. The SMILES string of the molecule is O=C(NCCn1ccnc1)N1CCOC(c2ccc(F)cc2)C1. The number of urea groups is 1. The fraction of sp³-hybridized carbons (Fsp3) is 0.375. The number of rotatable bonds is 4. The van der Waals surface area contributed by atoms with Crippen LogP contribution in [-0.4, -0.2) is 46.7 Å². The van der Waals surface area contributed by atoms with E-state index in [0.29, 0.717) is 32.8 Å². The average Bonchev–Trinajstić information content (AvgIpc) is 3.09. The summed E-state index contributed by atoms with van der Waals surface area (Å²) >= 11 is 0. The average molecular weight is 318 g/mol. The number of hydrogen-bond donors (Lipinski definition) is 1. The minimum atomic E-state index is -0.279. The molecule has 0 spiro atoms. The monoisotopic (exact) mass is 318 g/mol. The van der Waals surface area contributed by atoms with E-state index in [4.69, 9.17) is 4.74 Å². The number of imidazole rings is 1. The highest BCUT2D eigenvalue weighted by atomic mass is 19.1. The Bertz CT molecular complexity index is 630. The third kappa shape index (κ3) is 4.07. The number of aromatic nitrogens is 2. The van der Waals surface area contributed by atoms with Crippen LogP contribution in [0.4, 0.5) is 9.18 Å². The van der Waals surface area contributed by atoms with E-state index in [1.165, 1.54) is 12.1 Å².